The van der Waals surface area contributed by atoms with Crippen molar-refractivity contribution >= 4 is 11.6 Å². The van der Waals surface area contributed by atoms with Gasteiger partial charge in [0.05, 0.1) is 0 Å². The summed E-state index contributed by atoms with van der Waals surface area (Å²) in [6.45, 7) is 7.31. The predicted octanol–water partition coefficient (Wildman–Crippen LogP) is 6.62. The van der Waals surface area contributed by atoms with Crippen LogP contribution in [0.15, 0.2) is 59.7 Å². The van der Waals surface area contributed by atoms with E-state index in [-0.39, 0.29) is 0 Å². The zero-order chi connectivity index (χ0) is 17.9. The summed E-state index contributed by atoms with van der Waals surface area (Å²) in [4.78, 5) is 2.25. The summed E-state index contributed by atoms with van der Waals surface area (Å²) in [5.41, 5.74) is 4.17. The van der Waals surface area contributed by atoms with Crippen molar-refractivity contribution in [1.29, 1.82) is 0 Å². The molecule has 0 aliphatic heterocycles. The van der Waals surface area contributed by atoms with Crippen LogP contribution in [0.25, 0.3) is 0 Å². The molecule has 2 rings (SSSR count). The van der Waals surface area contributed by atoms with Crippen molar-refractivity contribution in [2.45, 2.75) is 46.0 Å². The molecule has 0 heterocycles. The van der Waals surface area contributed by atoms with Gasteiger partial charge in [-0.1, -0.05) is 67.5 Å². The van der Waals surface area contributed by atoms with Crippen LogP contribution in [0.2, 0.25) is 5.02 Å². The lowest BCUT2D eigenvalue weighted by Gasteiger charge is -2.20. The molecule has 2 heteroatoms. The molecule has 1 nitrogen and oxygen atoms in total. The van der Waals surface area contributed by atoms with Crippen LogP contribution in [0.4, 0.5) is 0 Å². The fraction of sp³-hybridized carbons (Fsp3) is 0.455. The summed E-state index contributed by atoms with van der Waals surface area (Å²) < 4.78 is 0. The van der Waals surface area contributed by atoms with Crippen LogP contribution in [-0.2, 0) is 0 Å². The first-order valence-corrected chi connectivity index (χ1v) is 9.38. The number of halogens is 1. The lowest BCUT2D eigenvalue weighted by molar-refractivity contribution is 0.389. The Kier molecular flexibility index (Phi) is 9.75. The van der Waals surface area contributed by atoms with Gasteiger partial charge in [-0.05, 0) is 70.1 Å². The Hall–Kier alpha value is -1.31. The Morgan fingerprint density at radius 1 is 1.08 bits per heavy atom. The molecular formula is C22H32ClN. The zero-order valence-corrected chi connectivity index (χ0v) is 16.6. The topological polar surface area (TPSA) is 3.24 Å². The van der Waals surface area contributed by atoms with E-state index >= 15 is 0 Å². The second-order valence-electron chi connectivity index (χ2n) is 6.34. The Morgan fingerprint density at radius 3 is 2.38 bits per heavy atom. The van der Waals surface area contributed by atoms with Crippen molar-refractivity contribution in [3.8, 4) is 0 Å². The monoisotopic (exact) mass is 345 g/mol. The molecule has 24 heavy (non-hydrogen) atoms. The number of rotatable bonds is 6. The summed E-state index contributed by atoms with van der Waals surface area (Å²) in [6.07, 6.45) is 12.5. The predicted molar refractivity (Wildman–Crippen MR) is 109 cm³/mol. The number of allylic oxidation sites excluding steroid dienone is 6. The first kappa shape index (κ1) is 20.7. The molecule has 0 spiro atoms. The van der Waals surface area contributed by atoms with E-state index in [0.29, 0.717) is 5.92 Å². The van der Waals surface area contributed by atoms with Gasteiger partial charge in [0.15, 0.2) is 0 Å². The fourth-order valence-corrected chi connectivity index (χ4v) is 2.93. The molecule has 0 saturated carbocycles. The van der Waals surface area contributed by atoms with Crippen molar-refractivity contribution in [2.75, 3.05) is 20.6 Å². The highest BCUT2D eigenvalue weighted by molar-refractivity contribution is 6.30. The second kappa shape index (κ2) is 11.3. The van der Waals surface area contributed by atoms with Crippen LogP contribution in [0, 0.1) is 0 Å². The quantitative estimate of drug-likeness (QED) is 0.559. The van der Waals surface area contributed by atoms with Crippen molar-refractivity contribution < 1.29 is 0 Å². The first-order chi connectivity index (χ1) is 11.6. The Balaban J connectivity index is 0.00000139. The average Bonchev–Trinajstić information content (AvgIpc) is 2.79. The van der Waals surface area contributed by atoms with Gasteiger partial charge in [0.2, 0.25) is 0 Å². The van der Waals surface area contributed by atoms with E-state index < -0.39 is 0 Å². The molecule has 1 aromatic carbocycles. The highest BCUT2D eigenvalue weighted by Gasteiger charge is 2.15. The second-order valence-corrected chi connectivity index (χ2v) is 6.77. The third kappa shape index (κ3) is 7.07. The molecule has 0 fully saturated rings. The minimum absolute atomic E-state index is 0.440. The van der Waals surface area contributed by atoms with Gasteiger partial charge in [0.1, 0.15) is 0 Å². The third-order valence-corrected chi connectivity index (χ3v) is 4.34. The van der Waals surface area contributed by atoms with Gasteiger partial charge in [-0.2, -0.15) is 0 Å². The highest BCUT2D eigenvalue weighted by Crippen LogP contribution is 2.32. The number of benzene rings is 1. The molecule has 0 saturated heterocycles. The highest BCUT2D eigenvalue weighted by atomic mass is 35.5. The molecule has 0 aromatic heterocycles. The van der Waals surface area contributed by atoms with Crippen molar-refractivity contribution in [3.05, 3.63) is 70.3 Å². The lowest BCUT2D eigenvalue weighted by Crippen LogP contribution is -2.14. The van der Waals surface area contributed by atoms with Gasteiger partial charge >= 0.3 is 0 Å². The largest absolute Gasteiger partial charge is 0.309 e. The summed E-state index contributed by atoms with van der Waals surface area (Å²) >= 11 is 6.05. The van der Waals surface area contributed by atoms with Crippen LogP contribution in [-0.4, -0.2) is 25.5 Å². The third-order valence-electron chi connectivity index (χ3n) is 4.08. The van der Waals surface area contributed by atoms with Gasteiger partial charge < -0.3 is 4.90 Å². The van der Waals surface area contributed by atoms with Crippen LogP contribution in [0.3, 0.4) is 0 Å². The lowest BCUT2D eigenvalue weighted by atomic mass is 9.86. The Labute approximate surface area is 153 Å². The number of nitrogens with zero attached hydrogens (tertiary/aromatic N) is 1. The minimum Gasteiger partial charge on any atom is -0.309 e. The molecule has 1 aliphatic carbocycles. The molecular weight excluding hydrogens is 314 g/mol. The van der Waals surface area contributed by atoms with Crippen LogP contribution in [0.5, 0.6) is 0 Å². The maximum absolute atomic E-state index is 6.05. The van der Waals surface area contributed by atoms with Gasteiger partial charge in [-0.3, -0.25) is 0 Å². The molecule has 132 valence electrons. The molecule has 1 aliphatic rings. The van der Waals surface area contributed by atoms with E-state index in [0.717, 1.165) is 24.4 Å². The normalized spacial score (nSPS) is 15.1. The van der Waals surface area contributed by atoms with E-state index in [1.807, 2.05) is 26.0 Å². The van der Waals surface area contributed by atoms with E-state index in [4.69, 9.17) is 11.6 Å². The fourth-order valence-electron chi connectivity index (χ4n) is 2.81. The SMILES string of the molecule is CC.CC1=CC=C(C(CCCN(C)C)c2ccc(Cl)cc2)C=CC1. The maximum Gasteiger partial charge on any atom is 0.0406 e. The van der Waals surface area contributed by atoms with Gasteiger partial charge in [-0.25, -0.2) is 0 Å². The Bertz CT molecular complexity index is 564. The molecule has 0 N–H and O–H groups in total. The summed E-state index contributed by atoms with van der Waals surface area (Å²) in [7, 11) is 4.27. The van der Waals surface area contributed by atoms with Gasteiger partial charge in [0.25, 0.3) is 0 Å². The number of hydrogen-bond acceptors (Lipinski definition) is 1. The summed E-state index contributed by atoms with van der Waals surface area (Å²) in [5, 5.41) is 0.803. The van der Waals surface area contributed by atoms with Gasteiger partial charge in [0, 0.05) is 10.9 Å². The van der Waals surface area contributed by atoms with Crippen molar-refractivity contribution in [3.63, 3.8) is 0 Å². The first-order valence-electron chi connectivity index (χ1n) is 9.00. The molecule has 1 aromatic rings. The van der Waals surface area contributed by atoms with Crippen LogP contribution in [0.1, 0.15) is 51.5 Å². The van der Waals surface area contributed by atoms with E-state index in [9.17, 15) is 0 Å². The minimum atomic E-state index is 0.440. The van der Waals surface area contributed by atoms with Crippen LogP contribution < -0.4 is 0 Å². The van der Waals surface area contributed by atoms with E-state index in [1.165, 1.54) is 23.1 Å². The van der Waals surface area contributed by atoms with E-state index in [2.05, 4.69) is 62.4 Å². The van der Waals surface area contributed by atoms with Gasteiger partial charge in [-0.15, -0.1) is 0 Å². The Morgan fingerprint density at radius 2 is 1.75 bits per heavy atom. The smallest absolute Gasteiger partial charge is 0.0406 e. The van der Waals surface area contributed by atoms with Crippen molar-refractivity contribution in [1.82, 2.24) is 4.90 Å². The summed E-state index contributed by atoms with van der Waals surface area (Å²) in [5.74, 6) is 0.440. The standard InChI is InChI=1S/C20H26ClN.C2H6/c1-16-6-4-7-17(10-9-16)20(8-5-15-22(2)3)18-11-13-19(21)14-12-18;1-2/h4,7,9-14,20H,5-6,8,15H2,1-3H3;1-2H3. The van der Waals surface area contributed by atoms with Crippen LogP contribution >= 0.6 is 11.6 Å². The van der Waals surface area contributed by atoms with E-state index in [1.54, 1.807) is 0 Å². The molecule has 0 bridgehead atoms. The maximum atomic E-state index is 6.05. The summed E-state index contributed by atoms with van der Waals surface area (Å²) in [6, 6.07) is 8.33. The van der Waals surface area contributed by atoms with Crippen molar-refractivity contribution in [2.24, 2.45) is 0 Å². The number of hydrogen-bond donors (Lipinski definition) is 0. The molecule has 0 radical (unpaired) electrons. The molecule has 1 atom stereocenters. The molecule has 1 unspecified atom stereocenters. The molecule has 0 amide bonds. The zero-order valence-electron chi connectivity index (χ0n) is 15.8. The average molecular weight is 346 g/mol.